The minimum Gasteiger partial charge on any atom is -0.390 e. The molecule has 0 amide bonds. The molecule has 2 rings (SSSR count). The van der Waals surface area contributed by atoms with E-state index in [0.29, 0.717) is 10.6 Å². The third-order valence-corrected chi connectivity index (χ3v) is 2.84. The van der Waals surface area contributed by atoms with Crippen molar-refractivity contribution in [2.24, 2.45) is 0 Å². The molecule has 0 spiro atoms. The quantitative estimate of drug-likeness (QED) is 0.538. The van der Waals surface area contributed by atoms with Crippen LogP contribution in [0.2, 0.25) is 0 Å². The van der Waals surface area contributed by atoms with E-state index in [0.717, 1.165) is 12.1 Å². The van der Waals surface area contributed by atoms with Crippen LogP contribution in [0, 0.1) is 40.5 Å². The van der Waals surface area contributed by atoms with E-state index in [1.54, 1.807) is 0 Å². The van der Waals surface area contributed by atoms with Crippen LogP contribution in [0.25, 0.3) is 0 Å². The van der Waals surface area contributed by atoms with E-state index in [1.165, 1.54) is 0 Å². The number of aromatic nitrogens is 3. The zero-order chi connectivity index (χ0) is 18.0. The van der Waals surface area contributed by atoms with Crippen molar-refractivity contribution in [2.75, 3.05) is 0 Å². The van der Waals surface area contributed by atoms with Gasteiger partial charge in [-0.05, 0) is 15.9 Å². The molecule has 0 aliphatic heterocycles. The Morgan fingerprint density at radius 2 is 1.38 bits per heavy atom. The fourth-order valence-electron chi connectivity index (χ4n) is 1.84. The summed E-state index contributed by atoms with van der Waals surface area (Å²) in [4.78, 5) is 39.5. The van der Waals surface area contributed by atoms with Gasteiger partial charge in [-0.1, -0.05) is 0 Å². The molecule has 15 nitrogen and oxygen atoms in total. The van der Waals surface area contributed by atoms with Gasteiger partial charge in [-0.15, -0.1) is 0 Å². The number of nitrogens with zero attached hydrogens (tertiary/aromatic N) is 7. The van der Waals surface area contributed by atoms with Gasteiger partial charge in [-0.3, -0.25) is 20.2 Å². The molecule has 0 atom stereocenters. The first-order valence-electron chi connectivity index (χ1n) is 5.86. The van der Waals surface area contributed by atoms with Crippen LogP contribution >= 0.6 is 0 Å². The molecule has 24 heavy (non-hydrogen) atoms. The Bertz CT molecular complexity index is 843. The summed E-state index contributed by atoms with van der Waals surface area (Å²) >= 11 is 0. The Balaban J connectivity index is 2.58. The largest absolute Gasteiger partial charge is 0.478 e. The Morgan fingerprint density at radius 1 is 0.833 bits per heavy atom. The van der Waals surface area contributed by atoms with Crippen molar-refractivity contribution in [3.05, 3.63) is 64.2 Å². The highest BCUT2D eigenvalue weighted by atomic mass is 16.6. The summed E-state index contributed by atoms with van der Waals surface area (Å²) in [5, 5.41) is 49.5. The maximum absolute atomic E-state index is 11.0. The van der Waals surface area contributed by atoms with Crippen LogP contribution in [-0.2, 0) is 6.54 Å². The molecule has 15 heteroatoms. The molecule has 1 aromatic heterocycles. The number of nitro benzene ring substituents is 2. The van der Waals surface area contributed by atoms with Crippen molar-refractivity contribution in [1.29, 1.82) is 0 Å². The summed E-state index contributed by atoms with van der Waals surface area (Å²) in [6.07, 6.45) is 0. The molecular formula is C9H5N7O8. The van der Waals surface area contributed by atoms with Crippen LogP contribution in [0.1, 0.15) is 5.56 Å². The average molecular weight is 339 g/mol. The van der Waals surface area contributed by atoms with Gasteiger partial charge in [0.25, 0.3) is 11.4 Å². The molecule has 0 aliphatic rings. The molecule has 0 bridgehead atoms. The monoisotopic (exact) mass is 339 g/mol. The Kier molecular flexibility index (Phi) is 4.07. The number of rotatable bonds is 6. The topological polar surface area (TPSA) is 203 Å². The van der Waals surface area contributed by atoms with Gasteiger partial charge in [-0.2, -0.15) is 4.57 Å². The zero-order valence-corrected chi connectivity index (χ0v) is 11.3. The third kappa shape index (κ3) is 2.93. The Morgan fingerprint density at radius 3 is 1.79 bits per heavy atom. The van der Waals surface area contributed by atoms with E-state index < -0.39 is 49.5 Å². The summed E-state index contributed by atoms with van der Waals surface area (Å²) < 4.78 is 0.453. The zero-order valence-electron chi connectivity index (χ0n) is 11.3. The summed E-state index contributed by atoms with van der Waals surface area (Å²) in [7, 11) is 0. The van der Waals surface area contributed by atoms with Gasteiger partial charge in [0.1, 0.15) is 16.7 Å². The van der Waals surface area contributed by atoms with Crippen LogP contribution in [0.3, 0.4) is 0 Å². The standard InChI is InChI=1S/C9H5N7O8/c17-13(18)6-2-1-5(7(3-6)14(19)20)4-12-8(15(21)22)10-11-9(12)16(23)24/h1-3H,4H2. The SMILES string of the molecule is O=[N+]([O-])c1ccc(Cn2c([N+](=O)[O-])nnc2[N+](=O)[O-])c([N+](=O)[O-])c1. The predicted octanol–water partition coefficient (Wildman–Crippen LogP) is 0.959. The van der Waals surface area contributed by atoms with Gasteiger partial charge in [0.15, 0.2) is 0 Å². The molecule has 1 aromatic carbocycles. The van der Waals surface area contributed by atoms with Crippen molar-refractivity contribution < 1.29 is 19.7 Å². The van der Waals surface area contributed by atoms with Crippen molar-refractivity contribution in [3.63, 3.8) is 0 Å². The van der Waals surface area contributed by atoms with Crippen LogP contribution in [0.15, 0.2) is 18.2 Å². The fraction of sp³-hybridized carbons (Fsp3) is 0.111. The fourth-order valence-corrected chi connectivity index (χ4v) is 1.84. The molecule has 0 unspecified atom stereocenters. The normalized spacial score (nSPS) is 10.3. The van der Waals surface area contributed by atoms with E-state index in [9.17, 15) is 40.5 Å². The van der Waals surface area contributed by atoms with Crippen LogP contribution < -0.4 is 0 Å². The lowest BCUT2D eigenvalue weighted by Gasteiger charge is -2.03. The van der Waals surface area contributed by atoms with Gasteiger partial charge in [0, 0.05) is 6.07 Å². The smallest absolute Gasteiger partial charge is 0.390 e. The second-order valence-electron chi connectivity index (χ2n) is 4.23. The first-order valence-corrected chi connectivity index (χ1v) is 5.86. The van der Waals surface area contributed by atoms with Crippen LogP contribution in [0.5, 0.6) is 0 Å². The minimum absolute atomic E-state index is 0.225. The molecule has 2 aromatic rings. The maximum atomic E-state index is 11.0. The number of hydrogen-bond donors (Lipinski definition) is 0. The number of non-ortho nitro benzene ring substituents is 1. The van der Waals surface area contributed by atoms with Gasteiger partial charge in [-0.25, -0.2) is 0 Å². The van der Waals surface area contributed by atoms with E-state index in [-0.39, 0.29) is 5.56 Å². The van der Waals surface area contributed by atoms with Gasteiger partial charge in [0.05, 0.1) is 21.5 Å². The molecule has 0 N–H and O–H groups in total. The molecular weight excluding hydrogens is 334 g/mol. The second-order valence-corrected chi connectivity index (χ2v) is 4.23. The van der Waals surface area contributed by atoms with Crippen molar-refractivity contribution in [1.82, 2.24) is 14.8 Å². The molecule has 1 heterocycles. The molecule has 0 fully saturated rings. The highest BCUT2D eigenvalue weighted by Gasteiger charge is 2.32. The molecule has 0 radical (unpaired) electrons. The highest BCUT2D eigenvalue weighted by Crippen LogP contribution is 2.27. The van der Waals surface area contributed by atoms with E-state index in [2.05, 4.69) is 10.2 Å². The maximum Gasteiger partial charge on any atom is 0.478 e. The third-order valence-electron chi connectivity index (χ3n) is 2.84. The van der Waals surface area contributed by atoms with E-state index in [1.807, 2.05) is 0 Å². The molecule has 0 saturated heterocycles. The minimum atomic E-state index is -1.04. The van der Waals surface area contributed by atoms with Crippen molar-refractivity contribution >= 4 is 23.3 Å². The van der Waals surface area contributed by atoms with Gasteiger partial charge in [0.2, 0.25) is 0 Å². The lowest BCUT2D eigenvalue weighted by Crippen LogP contribution is -2.10. The highest BCUT2D eigenvalue weighted by molar-refractivity contribution is 5.49. The molecule has 0 saturated carbocycles. The van der Waals surface area contributed by atoms with Gasteiger partial charge >= 0.3 is 11.9 Å². The average Bonchev–Trinajstić information content (AvgIpc) is 2.91. The molecule has 0 aliphatic carbocycles. The van der Waals surface area contributed by atoms with Crippen LogP contribution in [-0.4, -0.2) is 34.5 Å². The Labute approximate surface area is 129 Å². The number of nitro groups is 4. The Hall–Kier alpha value is -4.04. The first kappa shape index (κ1) is 16.3. The molecule has 124 valence electrons. The number of benzene rings is 1. The number of hydrogen-bond acceptors (Lipinski definition) is 10. The van der Waals surface area contributed by atoms with Crippen molar-refractivity contribution in [3.8, 4) is 0 Å². The van der Waals surface area contributed by atoms with Crippen molar-refractivity contribution in [2.45, 2.75) is 6.54 Å². The second kappa shape index (κ2) is 5.99. The van der Waals surface area contributed by atoms with Gasteiger partial charge < -0.3 is 20.2 Å². The summed E-state index contributed by atoms with van der Waals surface area (Å²) in [5.41, 5.74) is -1.52. The first-order chi connectivity index (χ1) is 11.2. The predicted molar refractivity (Wildman–Crippen MR) is 72.2 cm³/mol. The summed E-state index contributed by atoms with van der Waals surface area (Å²) in [6, 6.07) is 2.56. The van der Waals surface area contributed by atoms with E-state index >= 15 is 0 Å². The van der Waals surface area contributed by atoms with E-state index in [4.69, 9.17) is 0 Å². The van der Waals surface area contributed by atoms with Crippen LogP contribution in [0.4, 0.5) is 23.3 Å². The summed E-state index contributed by atoms with van der Waals surface area (Å²) in [5.74, 6) is -1.98. The summed E-state index contributed by atoms with van der Waals surface area (Å²) in [6.45, 7) is -0.687. The lowest BCUT2D eigenvalue weighted by atomic mass is 10.1. The lowest BCUT2D eigenvalue weighted by molar-refractivity contribution is -0.408.